The van der Waals surface area contributed by atoms with Crippen molar-refractivity contribution in [2.75, 3.05) is 19.6 Å². The van der Waals surface area contributed by atoms with Gasteiger partial charge in [-0.1, -0.05) is 38.1 Å². The maximum Gasteiger partial charge on any atom is 0.228 e. The molecule has 1 aromatic carbocycles. The fourth-order valence-electron chi connectivity index (χ4n) is 4.34. The second-order valence-electron chi connectivity index (χ2n) is 8.62. The van der Waals surface area contributed by atoms with Crippen LogP contribution in [0.3, 0.4) is 0 Å². The van der Waals surface area contributed by atoms with Crippen LogP contribution in [-0.2, 0) is 16.0 Å². The lowest BCUT2D eigenvalue weighted by molar-refractivity contribution is -0.142. The normalized spacial score (nSPS) is 19.0. The summed E-state index contributed by atoms with van der Waals surface area (Å²) in [5.41, 5.74) is 2.42. The molecule has 1 fully saturated rings. The molecule has 1 saturated heterocycles. The first-order valence-electron chi connectivity index (χ1n) is 10.8. The largest absolute Gasteiger partial charge is 0.356 e. The van der Waals surface area contributed by atoms with E-state index in [-0.39, 0.29) is 11.8 Å². The molecule has 2 amide bonds. The third kappa shape index (κ3) is 5.04. The van der Waals surface area contributed by atoms with Gasteiger partial charge in [0.2, 0.25) is 11.8 Å². The van der Waals surface area contributed by atoms with Crippen LogP contribution in [0.2, 0.25) is 0 Å². The van der Waals surface area contributed by atoms with Crippen molar-refractivity contribution in [2.45, 2.75) is 46.5 Å². The molecule has 2 aromatic rings. The van der Waals surface area contributed by atoms with Crippen molar-refractivity contribution in [3.05, 3.63) is 48.5 Å². The van der Waals surface area contributed by atoms with E-state index in [0.717, 1.165) is 36.1 Å². The minimum absolute atomic E-state index is 0.0335. The number of rotatable bonds is 7. The molecule has 0 saturated carbocycles. The highest BCUT2D eigenvalue weighted by Gasteiger charge is 2.43. The van der Waals surface area contributed by atoms with Crippen LogP contribution in [0.25, 0.3) is 11.1 Å². The lowest BCUT2D eigenvalue weighted by Crippen LogP contribution is -2.54. The Morgan fingerprint density at radius 3 is 2.63 bits per heavy atom. The molecule has 0 radical (unpaired) electrons. The highest BCUT2D eigenvalue weighted by Crippen LogP contribution is 2.37. The summed E-state index contributed by atoms with van der Waals surface area (Å²) in [5.74, 6) is 0.478. The van der Waals surface area contributed by atoms with E-state index in [0.29, 0.717) is 31.8 Å². The van der Waals surface area contributed by atoms with Gasteiger partial charge in [-0.3, -0.25) is 9.59 Å². The monoisotopic (exact) mass is 408 g/mol. The number of carbonyl (C=O) groups is 2. The molecule has 1 aliphatic heterocycles. The van der Waals surface area contributed by atoms with Gasteiger partial charge in [-0.2, -0.15) is 0 Å². The third-order valence-electron chi connectivity index (χ3n) is 5.75. The van der Waals surface area contributed by atoms with Crippen molar-refractivity contribution in [3.63, 3.8) is 0 Å². The number of amides is 2. The molecule has 1 atom stereocenters. The van der Waals surface area contributed by atoms with Crippen molar-refractivity contribution in [1.29, 1.82) is 0 Å². The predicted molar refractivity (Wildman–Crippen MR) is 118 cm³/mol. The zero-order chi connectivity index (χ0) is 21.6. The lowest BCUT2D eigenvalue weighted by atomic mass is 9.73. The molecule has 1 N–H and O–H groups in total. The van der Waals surface area contributed by atoms with E-state index >= 15 is 0 Å². The Morgan fingerprint density at radius 2 is 1.93 bits per heavy atom. The van der Waals surface area contributed by atoms with Crippen molar-refractivity contribution in [3.8, 4) is 11.1 Å². The average Bonchev–Trinajstić information content (AvgIpc) is 2.74. The maximum absolute atomic E-state index is 13.3. The van der Waals surface area contributed by atoms with Crippen molar-refractivity contribution in [2.24, 2.45) is 11.3 Å². The quantitative estimate of drug-likeness (QED) is 0.761. The SMILES string of the molecule is CCNC(=O)C1(Cc2ccccc2-c2cncnc2)CCCN(C(=O)CC(C)C)C1. The van der Waals surface area contributed by atoms with Gasteiger partial charge in [-0.15, -0.1) is 0 Å². The number of likely N-dealkylation sites (tertiary alicyclic amines) is 1. The van der Waals surface area contributed by atoms with E-state index in [9.17, 15) is 9.59 Å². The Labute approximate surface area is 179 Å². The second kappa shape index (κ2) is 9.83. The van der Waals surface area contributed by atoms with Gasteiger partial charge in [0.15, 0.2) is 0 Å². The molecule has 0 spiro atoms. The molecule has 0 bridgehead atoms. The number of aromatic nitrogens is 2. The number of hydrogen-bond donors (Lipinski definition) is 1. The Kier molecular flexibility index (Phi) is 7.19. The zero-order valence-electron chi connectivity index (χ0n) is 18.2. The molecule has 160 valence electrons. The summed E-state index contributed by atoms with van der Waals surface area (Å²) in [6.07, 6.45) is 7.80. The minimum Gasteiger partial charge on any atom is -0.356 e. The summed E-state index contributed by atoms with van der Waals surface area (Å²) in [7, 11) is 0. The first-order valence-corrected chi connectivity index (χ1v) is 10.8. The summed E-state index contributed by atoms with van der Waals surface area (Å²) >= 11 is 0. The molecule has 0 aliphatic carbocycles. The van der Waals surface area contributed by atoms with Crippen molar-refractivity contribution >= 4 is 11.8 Å². The van der Waals surface area contributed by atoms with Gasteiger partial charge < -0.3 is 10.2 Å². The molecule has 6 nitrogen and oxygen atoms in total. The Morgan fingerprint density at radius 1 is 1.20 bits per heavy atom. The highest BCUT2D eigenvalue weighted by atomic mass is 16.2. The summed E-state index contributed by atoms with van der Waals surface area (Å²) in [5, 5.41) is 3.03. The molecule has 3 rings (SSSR count). The number of carbonyl (C=O) groups excluding carboxylic acids is 2. The van der Waals surface area contributed by atoms with Gasteiger partial charge in [0.25, 0.3) is 0 Å². The van der Waals surface area contributed by atoms with Crippen LogP contribution >= 0.6 is 0 Å². The number of benzene rings is 1. The van der Waals surface area contributed by atoms with E-state index in [1.165, 1.54) is 6.33 Å². The van der Waals surface area contributed by atoms with E-state index in [4.69, 9.17) is 0 Å². The van der Waals surface area contributed by atoms with Crippen LogP contribution in [0, 0.1) is 11.3 Å². The summed E-state index contributed by atoms with van der Waals surface area (Å²) in [4.78, 5) is 36.3. The minimum atomic E-state index is -0.632. The van der Waals surface area contributed by atoms with Crippen LogP contribution in [0.4, 0.5) is 0 Å². The van der Waals surface area contributed by atoms with Crippen LogP contribution < -0.4 is 5.32 Å². The van der Waals surface area contributed by atoms with Crippen LogP contribution in [0.15, 0.2) is 43.0 Å². The molecule has 30 heavy (non-hydrogen) atoms. The third-order valence-corrected chi connectivity index (χ3v) is 5.75. The summed E-state index contributed by atoms with van der Waals surface area (Å²) in [6, 6.07) is 8.10. The molecule has 2 heterocycles. The second-order valence-corrected chi connectivity index (χ2v) is 8.62. The van der Waals surface area contributed by atoms with Gasteiger partial charge in [0.1, 0.15) is 6.33 Å². The Hall–Kier alpha value is -2.76. The molecular weight excluding hydrogens is 376 g/mol. The maximum atomic E-state index is 13.3. The van der Waals surface area contributed by atoms with Crippen LogP contribution in [-0.4, -0.2) is 46.3 Å². The summed E-state index contributed by atoms with van der Waals surface area (Å²) in [6.45, 7) is 7.80. The van der Waals surface area contributed by atoms with Gasteiger partial charge >= 0.3 is 0 Å². The van der Waals surface area contributed by atoms with Crippen LogP contribution in [0.5, 0.6) is 0 Å². The Balaban J connectivity index is 1.94. The zero-order valence-corrected chi connectivity index (χ0v) is 18.2. The number of hydrogen-bond acceptors (Lipinski definition) is 4. The van der Waals surface area contributed by atoms with E-state index in [1.54, 1.807) is 12.4 Å². The summed E-state index contributed by atoms with van der Waals surface area (Å²) < 4.78 is 0. The molecule has 6 heteroatoms. The molecule has 1 unspecified atom stereocenters. The van der Waals surface area contributed by atoms with Crippen molar-refractivity contribution in [1.82, 2.24) is 20.2 Å². The first kappa shape index (κ1) is 21.9. The van der Waals surface area contributed by atoms with Gasteiger partial charge in [0.05, 0.1) is 5.41 Å². The van der Waals surface area contributed by atoms with E-state index < -0.39 is 5.41 Å². The first-order chi connectivity index (χ1) is 14.4. The van der Waals surface area contributed by atoms with Crippen molar-refractivity contribution < 1.29 is 9.59 Å². The predicted octanol–water partition coefficient (Wildman–Crippen LogP) is 3.48. The van der Waals surface area contributed by atoms with Gasteiger partial charge in [-0.25, -0.2) is 9.97 Å². The highest BCUT2D eigenvalue weighted by molar-refractivity contribution is 5.85. The molecular formula is C24H32N4O2. The molecule has 1 aromatic heterocycles. The number of nitrogens with zero attached hydrogens (tertiary/aromatic N) is 3. The standard InChI is InChI=1S/C24H32N4O2/c1-4-27-23(30)24(10-7-11-28(16-24)22(29)12-18(2)3)13-19-8-5-6-9-21(19)20-14-25-17-26-15-20/h5-6,8-9,14-15,17-18H,4,7,10-13,16H2,1-3H3,(H,27,30). The smallest absolute Gasteiger partial charge is 0.228 e. The van der Waals surface area contributed by atoms with Gasteiger partial charge in [-0.05, 0) is 43.2 Å². The lowest BCUT2D eigenvalue weighted by Gasteiger charge is -2.42. The van der Waals surface area contributed by atoms with Gasteiger partial charge in [0, 0.05) is 44.0 Å². The number of piperidine rings is 1. The number of nitrogens with one attached hydrogen (secondary N) is 1. The van der Waals surface area contributed by atoms with Crippen LogP contribution in [0.1, 0.15) is 45.6 Å². The van der Waals surface area contributed by atoms with E-state index in [2.05, 4.69) is 35.2 Å². The topological polar surface area (TPSA) is 75.2 Å². The fourth-order valence-corrected chi connectivity index (χ4v) is 4.34. The fraction of sp³-hybridized carbons (Fsp3) is 0.500. The Bertz CT molecular complexity index is 869. The van der Waals surface area contributed by atoms with E-state index in [1.807, 2.05) is 30.0 Å². The molecule has 1 aliphatic rings. The average molecular weight is 409 g/mol.